The van der Waals surface area contributed by atoms with Gasteiger partial charge in [0.1, 0.15) is 5.84 Å². The molecule has 1 saturated carbocycles. The number of aliphatic hydroxyl groups excluding tert-OH is 1. The maximum Gasteiger partial charge on any atom is 0.281 e. The number of rotatable bonds is 5. The molecule has 1 aliphatic carbocycles. The third-order valence-corrected chi connectivity index (χ3v) is 5.68. The van der Waals surface area contributed by atoms with Crippen molar-refractivity contribution >= 4 is 27.7 Å². The van der Waals surface area contributed by atoms with Gasteiger partial charge in [0.25, 0.3) is 5.91 Å². The first-order valence-electron chi connectivity index (χ1n) is 8.59. The first-order chi connectivity index (χ1) is 12.3. The Morgan fingerprint density at radius 1 is 1.38 bits per heavy atom. The van der Waals surface area contributed by atoms with Gasteiger partial charge in [0.15, 0.2) is 0 Å². The van der Waals surface area contributed by atoms with E-state index in [1.54, 1.807) is 10.9 Å². The van der Waals surface area contributed by atoms with E-state index in [9.17, 15) is 9.90 Å². The summed E-state index contributed by atoms with van der Waals surface area (Å²) in [5.41, 5.74) is 6.79. The molecular weight excluding hydrogens is 396 g/mol. The Morgan fingerprint density at radius 3 is 2.58 bits per heavy atom. The van der Waals surface area contributed by atoms with E-state index < -0.39 is 11.4 Å². The van der Waals surface area contributed by atoms with E-state index in [-0.39, 0.29) is 12.0 Å². The summed E-state index contributed by atoms with van der Waals surface area (Å²) in [7, 11) is 0. The van der Waals surface area contributed by atoms with Gasteiger partial charge in [-0.1, -0.05) is 34.5 Å². The van der Waals surface area contributed by atoms with Gasteiger partial charge in [0, 0.05) is 10.7 Å². The van der Waals surface area contributed by atoms with Crippen LogP contribution in [-0.4, -0.2) is 33.2 Å². The maximum atomic E-state index is 12.6. The molecule has 2 aromatic rings. The number of nitrogens with zero attached hydrogens (tertiary/aromatic N) is 3. The molecule has 3 rings (SSSR count). The fraction of sp³-hybridized carbons (Fsp3) is 0.421. The van der Waals surface area contributed by atoms with E-state index in [2.05, 4.69) is 26.0 Å². The minimum Gasteiger partial charge on any atom is -0.394 e. The first-order valence-corrected chi connectivity index (χ1v) is 9.39. The van der Waals surface area contributed by atoms with Gasteiger partial charge in [0.2, 0.25) is 0 Å². The minimum atomic E-state index is -0.583. The summed E-state index contributed by atoms with van der Waals surface area (Å²) in [6.07, 6.45) is 5.89. The average molecular weight is 419 g/mol. The van der Waals surface area contributed by atoms with Crippen LogP contribution < -0.4 is 5.73 Å². The largest absolute Gasteiger partial charge is 0.394 e. The Morgan fingerprint density at radius 2 is 2.04 bits per heavy atom. The van der Waals surface area contributed by atoms with Crippen LogP contribution in [0.3, 0.4) is 0 Å². The second-order valence-corrected chi connectivity index (χ2v) is 8.30. The van der Waals surface area contributed by atoms with Crippen LogP contribution in [-0.2, 0) is 11.0 Å². The predicted molar refractivity (Wildman–Crippen MR) is 104 cm³/mol. The molecule has 1 fully saturated rings. The van der Waals surface area contributed by atoms with E-state index in [1.807, 2.05) is 38.1 Å². The van der Waals surface area contributed by atoms with Gasteiger partial charge >= 0.3 is 0 Å². The number of halogens is 1. The lowest BCUT2D eigenvalue weighted by molar-refractivity contribution is 0.1000. The third kappa shape index (κ3) is 3.33. The highest BCUT2D eigenvalue weighted by molar-refractivity contribution is 9.10. The Kier molecular flexibility index (Phi) is 5.03. The lowest BCUT2D eigenvalue weighted by Gasteiger charge is -2.41. The molecule has 1 aromatic heterocycles. The summed E-state index contributed by atoms with van der Waals surface area (Å²) >= 11 is 3.44. The standard InChI is InChI=1S/C19H23BrN4O2/c1-18(2,12-25)24-11-13(10-22-24)16(26)23-17(21)19(8-3-9-19)14-4-6-15(20)7-5-14/h4-7,10-11,25H,3,8-9,12H2,1-2H3,(H2,21,23,26). The fourth-order valence-electron chi connectivity index (χ4n) is 3.11. The molecule has 1 amide bonds. The molecule has 0 radical (unpaired) electrons. The zero-order chi connectivity index (χ0) is 18.9. The molecule has 138 valence electrons. The number of amides is 1. The van der Waals surface area contributed by atoms with Crippen molar-refractivity contribution in [3.63, 3.8) is 0 Å². The number of benzene rings is 1. The SMILES string of the molecule is CC(C)(CO)n1cc(C(=O)N=C(N)C2(c3ccc(Br)cc3)CCC2)cn1. The number of amidine groups is 1. The smallest absolute Gasteiger partial charge is 0.281 e. The highest BCUT2D eigenvalue weighted by Crippen LogP contribution is 2.44. The first kappa shape index (κ1) is 18.8. The van der Waals surface area contributed by atoms with E-state index >= 15 is 0 Å². The topological polar surface area (TPSA) is 93.5 Å². The number of hydrogen-bond donors (Lipinski definition) is 2. The number of aliphatic imine (C=N–C) groups is 1. The molecule has 0 atom stereocenters. The van der Waals surface area contributed by atoms with Crippen LogP contribution in [0.1, 0.15) is 49.0 Å². The zero-order valence-electron chi connectivity index (χ0n) is 14.9. The summed E-state index contributed by atoms with van der Waals surface area (Å²) in [6, 6.07) is 8.01. The Bertz CT molecular complexity index is 835. The van der Waals surface area contributed by atoms with Crippen LogP contribution in [0.2, 0.25) is 0 Å². The molecule has 0 unspecified atom stereocenters. The van der Waals surface area contributed by atoms with E-state index in [4.69, 9.17) is 5.73 Å². The zero-order valence-corrected chi connectivity index (χ0v) is 16.5. The molecule has 3 N–H and O–H groups in total. The van der Waals surface area contributed by atoms with Crippen LogP contribution in [0.5, 0.6) is 0 Å². The maximum absolute atomic E-state index is 12.6. The third-order valence-electron chi connectivity index (χ3n) is 5.15. The second-order valence-electron chi connectivity index (χ2n) is 7.39. The van der Waals surface area contributed by atoms with E-state index in [0.29, 0.717) is 11.4 Å². The summed E-state index contributed by atoms with van der Waals surface area (Å²) in [4.78, 5) is 16.8. The van der Waals surface area contributed by atoms with Gasteiger partial charge in [-0.25, -0.2) is 0 Å². The van der Waals surface area contributed by atoms with Crippen LogP contribution in [0.15, 0.2) is 46.1 Å². The van der Waals surface area contributed by atoms with Gasteiger partial charge in [0.05, 0.1) is 29.3 Å². The van der Waals surface area contributed by atoms with Crippen molar-refractivity contribution in [2.45, 2.75) is 44.1 Å². The molecule has 1 aliphatic rings. The number of aliphatic hydroxyl groups is 1. The summed E-state index contributed by atoms with van der Waals surface area (Å²) in [5, 5.41) is 13.6. The minimum absolute atomic E-state index is 0.0829. The molecular formula is C19H23BrN4O2. The van der Waals surface area contributed by atoms with Crippen molar-refractivity contribution in [3.8, 4) is 0 Å². The number of carbonyl (C=O) groups excluding carboxylic acids is 1. The van der Waals surface area contributed by atoms with Crippen molar-refractivity contribution in [1.82, 2.24) is 9.78 Å². The second kappa shape index (κ2) is 6.96. The molecule has 0 bridgehead atoms. The lowest BCUT2D eigenvalue weighted by atomic mass is 9.63. The van der Waals surface area contributed by atoms with Crippen molar-refractivity contribution in [3.05, 3.63) is 52.3 Å². The van der Waals surface area contributed by atoms with Gasteiger partial charge in [-0.3, -0.25) is 9.48 Å². The highest BCUT2D eigenvalue weighted by Gasteiger charge is 2.42. The van der Waals surface area contributed by atoms with Gasteiger partial charge in [-0.05, 0) is 44.4 Å². The summed E-state index contributed by atoms with van der Waals surface area (Å²) in [5.74, 6) is -0.0592. The molecule has 7 heteroatoms. The van der Waals surface area contributed by atoms with E-state index in [1.165, 1.54) is 6.20 Å². The number of nitrogens with two attached hydrogens (primary N) is 1. The summed E-state index contributed by atoms with van der Waals surface area (Å²) < 4.78 is 2.57. The Balaban J connectivity index is 1.86. The number of carbonyl (C=O) groups is 1. The lowest BCUT2D eigenvalue weighted by Crippen LogP contribution is -2.47. The summed E-state index contributed by atoms with van der Waals surface area (Å²) in [6.45, 7) is 3.59. The number of hydrogen-bond acceptors (Lipinski definition) is 3. The molecule has 1 aromatic carbocycles. The van der Waals surface area contributed by atoms with Gasteiger partial charge < -0.3 is 10.8 Å². The average Bonchev–Trinajstić information content (AvgIpc) is 3.06. The van der Waals surface area contributed by atoms with Crippen LogP contribution in [0.4, 0.5) is 0 Å². The molecule has 26 heavy (non-hydrogen) atoms. The molecule has 6 nitrogen and oxygen atoms in total. The predicted octanol–water partition coefficient (Wildman–Crippen LogP) is 2.99. The van der Waals surface area contributed by atoms with Crippen molar-refractivity contribution in [2.24, 2.45) is 10.7 Å². The Hall–Kier alpha value is -1.99. The fourth-order valence-corrected chi connectivity index (χ4v) is 3.37. The quantitative estimate of drug-likeness (QED) is 0.576. The monoisotopic (exact) mass is 418 g/mol. The van der Waals surface area contributed by atoms with E-state index in [0.717, 1.165) is 29.3 Å². The van der Waals surface area contributed by atoms with Gasteiger partial charge in [-0.2, -0.15) is 10.1 Å². The highest BCUT2D eigenvalue weighted by atomic mass is 79.9. The molecule has 0 spiro atoms. The van der Waals surface area contributed by atoms with Crippen LogP contribution in [0.25, 0.3) is 0 Å². The normalized spacial score (nSPS) is 17.0. The molecule has 0 aliphatic heterocycles. The van der Waals surface area contributed by atoms with Crippen molar-refractivity contribution < 1.29 is 9.90 Å². The number of aromatic nitrogens is 2. The van der Waals surface area contributed by atoms with Crippen LogP contribution in [0, 0.1) is 0 Å². The Labute approximate surface area is 161 Å². The van der Waals surface area contributed by atoms with Crippen LogP contribution >= 0.6 is 15.9 Å². The van der Waals surface area contributed by atoms with Crippen molar-refractivity contribution in [2.75, 3.05) is 6.61 Å². The molecule has 0 saturated heterocycles. The molecule has 1 heterocycles. The van der Waals surface area contributed by atoms with Crippen molar-refractivity contribution in [1.29, 1.82) is 0 Å². The van der Waals surface area contributed by atoms with Gasteiger partial charge in [-0.15, -0.1) is 0 Å².